The minimum absolute atomic E-state index is 0.111. The van der Waals surface area contributed by atoms with Gasteiger partial charge in [-0.15, -0.1) is 0 Å². The van der Waals surface area contributed by atoms with Gasteiger partial charge in [-0.1, -0.05) is 49.4 Å². The molecule has 0 amide bonds. The highest BCUT2D eigenvalue weighted by atomic mass is 16.1. The van der Waals surface area contributed by atoms with E-state index in [0.717, 1.165) is 27.8 Å². The maximum absolute atomic E-state index is 12.9. The number of carbonyl (C=O) groups excluding carboxylic acids is 2. The van der Waals surface area contributed by atoms with Gasteiger partial charge in [0.2, 0.25) is 0 Å². The van der Waals surface area contributed by atoms with Gasteiger partial charge in [-0.2, -0.15) is 0 Å². The molecule has 0 aliphatic heterocycles. The molecule has 2 aliphatic rings. The summed E-state index contributed by atoms with van der Waals surface area (Å²) in [7, 11) is 0. The zero-order chi connectivity index (χ0) is 15.4. The van der Waals surface area contributed by atoms with Crippen molar-refractivity contribution in [2.75, 3.05) is 0 Å². The third kappa shape index (κ3) is 1.67. The van der Waals surface area contributed by atoms with Crippen LogP contribution in [-0.4, -0.2) is 11.6 Å². The van der Waals surface area contributed by atoms with Crippen LogP contribution in [0.25, 0.3) is 0 Å². The lowest BCUT2D eigenvalue weighted by Gasteiger charge is -2.41. The van der Waals surface area contributed by atoms with E-state index in [1.807, 2.05) is 43.3 Å². The highest BCUT2D eigenvalue weighted by Gasteiger charge is 2.46. The SMILES string of the molecule is Cc1cccc2c1[C@@H]1[C@H](C)c3ccccc3C(=O)[C@@H]1CC2=O. The first-order valence-electron chi connectivity index (χ1n) is 7.85. The van der Waals surface area contributed by atoms with Crippen molar-refractivity contribution in [2.45, 2.75) is 32.1 Å². The molecule has 0 N–H and O–H groups in total. The first-order valence-corrected chi connectivity index (χ1v) is 7.85. The maximum atomic E-state index is 12.9. The number of hydrogen-bond donors (Lipinski definition) is 0. The molecule has 4 rings (SSSR count). The number of benzene rings is 2. The van der Waals surface area contributed by atoms with Gasteiger partial charge in [-0.25, -0.2) is 0 Å². The molecule has 22 heavy (non-hydrogen) atoms. The Morgan fingerprint density at radius 2 is 1.68 bits per heavy atom. The number of aryl methyl sites for hydroxylation is 1. The second kappa shape index (κ2) is 4.64. The molecule has 0 bridgehead atoms. The highest BCUT2D eigenvalue weighted by molar-refractivity contribution is 6.08. The molecule has 0 saturated carbocycles. The Balaban J connectivity index is 1.98. The van der Waals surface area contributed by atoms with Crippen LogP contribution >= 0.6 is 0 Å². The minimum atomic E-state index is -0.203. The summed E-state index contributed by atoms with van der Waals surface area (Å²) in [5.41, 5.74) is 4.97. The van der Waals surface area contributed by atoms with Crippen molar-refractivity contribution >= 4 is 11.6 Å². The Morgan fingerprint density at radius 1 is 0.955 bits per heavy atom. The average Bonchev–Trinajstić information content (AvgIpc) is 2.53. The second-order valence-electron chi connectivity index (χ2n) is 6.54. The molecule has 0 unspecified atom stereocenters. The summed E-state index contributed by atoms with van der Waals surface area (Å²) in [4.78, 5) is 25.4. The number of Topliss-reactive ketones (excluding diaryl/α,β-unsaturated/α-hetero) is 2. The standard InChI is InChI=1S/C20H18O2/c1-11-6-5-9-15-17(21)10-16-19(18(11)15)12(2)13-7-3-4-8-14(13)20(16)22/h3-9,12,16,19H,10H2,1-2H3/t12-,16-,19-/m1/s1. The molecule has 0 spiro atoms. The molecule has 2 heteroatoms. The molecule has 0 aromatic heterocycles. The summed E-state index contributed by atoms with van der Waals surface area (Å²) >= 11 is 0. The summed E-state index contributed by atoms with van der Waals surface area (Å²) in [5, 5.41) is 0. The summed E-state index contributed by atoms with van der Waals surface area (Å²) < 4.78 is 0. The van der Waals surface area contributed by atoms with Crippen LogP contribution in [0.4, 0.5) is 0 Å². The third-order valence-electron chi connectivity index (χ3n) is 5.39. The fraction of sp³-hybridized carbons (Fsp3) is 0.300. The normalized spacial score (nSPS) is 26.2. The van der Waals surface area contributed by atoms with Gasteiger partial charge >= 0.3 is 0 Å². The Labute approximate surface area is 130 Å². The Hall–Kier alpha value is -2.22. The molecule has 2 aromatic carbocycles. The molecule has 0 radical (unpaired) electrons. The van der Waals surface area contributed by atoms with E-state index in [1.54, 1.807) is 0 Å². The van der Waals surface area contributed by atoms with E-state index in [1.165, 1.54) is 0 Å². The molecule has 2 nitrogen and oxygen atoms in total. The van der Waals surface area contributed by atoms with Crippen LogP contribution < -0.4 is 0 Å². The number of carbonyl (C=O) groups is 2. The van der Waals surface area contributed by atoms with E-state index in [2.05, 4.69) is 13.0 Å². The lowest BCUT2D eigenvalue weighted by molar-refractivity contribution is 0.0787. The predicted octanol–water partition coefficient (Wildman–Crippen LogP) is 4.28. The van der Waals surface area contributed by atoms with Crippen LogP contribution in [0.1, 0.15) is 62.6 Å². The van der Waals surface area contributed by atoms with E-state index in [4.69, 9.17) is 0 Å². The van der Waals surface area contributed by atoms with Crippen molar-refractivity contribution in [1.82, 2.24) is 0 Å². The Kier molecular flexibility index (Phi) is 2.83. The number of rotatable bonds is 0. The number of ketones is 2. The molecular formula is C20H18O2. The fourth-order valence-corrected chi connectivity index (χ4v) is 4.37. The largest absolute Gasteiger partial charge is 0.294 e. The van der Waals surface area contributed by atoms with Crippen molar-refractivity contribution in [3.8, 4) is 0 Å². The smallest absolute Gasteiger partial charge is 0.167 e. The molecule has 110 valence electrons. The van der Waals surface area contributed by atoms with E-state index in [0.29, 0.717) is 6.42 Å². The van der Waals surface area contributed by atoms with Gasteiger partial charge < -0.3 is 0 Å². The molecule has 2 aliphatic carbocycles. The van der Waals surface area contributed by atoms with Gasteiger partial charge in [0.15, 0.2) is 11.6 Å². The van der Waals surface area contributed by atoms with E-state index in [9.17, 15) is 9.59 Å². The van der Waals surface area contributed by atoms with Gasteiger partial charge in [0.05, 0.1) is 0 Å². The summed E-state index contributed by atoms with van der Waals surface area (Å²) in [6.45, 7) is 4.24. The predicted molar refractivity (Wildman–Crippen MR) is 85.5 cm³/mol. The van der Waals surface area contributed by atoms with Crippen molar-refractivity contribution in [2.24, 2.45) is 5.92 Å². The van der Waals surface area contributed by atoms with E-state index >= 15 is 0 Å². The topological polar surface area (TPSA) is 34.1 Å². The minimum Gasteiger partial charge on any atom is -0.294 e. The van der Waals surface area contributed by atoms with Crippen molar-refractivity contribution in [3.63, 3.8) is 0 Å². The van der Waals surface area contributed by atoms with E-state index in [-0.39, 0.29) is 29.3 Å². The third-order valence-corrected chi connectivity index (χ3v) is 5.39. The number of hydrogen-bond acceptors (Lipinski definition) is 2. The van der Waals surface area contributed by atoms with Gasteiger partial charge in [0.1, 0.15) is 0 Å². The van der Waals surface area contributed by atoms with Gasteiger partial charge in [-0.3, -0.25) is 9.59 Å². The van der Waals surface area contributed by atoms with Crippen LogP contribution in [-0.2, 0) is 0 Å². The van der Waals surface area contributed by atoms with Crippen LogP contribution in [0, 0.1) is 12.8 Å². The summed E-state index contributed by atoms with van der Waals surface area (Å²) in [5.74, 6) is 0.426. The van der Waals surface area contributed by atoms with E-state index < -0.39 is 0 Å². The monoisotopic (exact) mass is 290 g/mol. The average molecular weight is 290 g/mol. The Morgan fingerprint density at radius 3 is 2.50 bits per heavy atom. The van der Waals surface area contributed by atoms with Gasteiger partial charge in [0, 0.05) is 29.4 Å². The van der Waals surface area contributed by atoms with Gasteiger partial charge in [-0.05, 0) is 29.5 Å². The molecular weight excluding hydrogens is 272 g/mol. The molecule has 0 fully saturated rings. The van der Waals surface area contributed by atoms with Crippen LogP contribution in [0.3, 0.4) is 0 Å². The number of fused-ring (bicyclic) bond motifs is 4. The van der Waals surface area contributed by atoms with Crippen LogP contribution in [0.2, 0.25) is 0 Å². The fourth-order valence-electron chi connectivity index (χ4n) is 4.37. The molecule has 0 saturated heterocycles. The van der Waals surface area contributed by atoms with Gasteiger partial charge in [0.25, 0.3) is 0 Å². The summed E-state index contributed by atoms with van der Waals surface area (Å²) in [6.07, 6.45) is 0.346. The second-order valence-corrected chi connectivity index (χ2v) is 6.54. The zero-order valence-electron chi connectivity index (χ0n) is 12.8. The van der Waals surface area contributed by atoms with Crippen LogP contribution in [0.5, 0.6) is 0 Å². The molecule has 0 heterocycles. The van der Waals surface area contributed by atoms with Crippen molar-refractivity contribution < 1.29 is 9.59 Å². The molecule has 3 atom stereocenters. The first kappa shape index (κ1) is 13.4. The zero-order valence-corrected chi connectivity index (χ0v) is 12.8. The Bertz CT molecular complexity index is 803. The first-order chi connectivity index (χ1) is 10.6. The molecule has 2 aromatic rings. The maximum Gasteiger partial charge on any atom is 0.167 e. The quantitative estimate of drug-likeness (QED) is 0.725. The van der Waals surface area contributed by atoms with Crippen molar-refractivity contribution in [1.29, 1.82) is 0 Å². The lowest BCUT2D eigenvalue weighted by atomic mass is 9.60. The summed E-state index contributed by atoms with van der Waals surface area (Å²) in [6, 6.07) is 13.8. The van der Waals surface area contributed by atoms with Crippen molar-refractivity contribution in [3.05, 3.63) is 70.3 Å². The van der Waals surface area contributed by atoms with Crippen LogP contribution in [0.15, 0.2) is 42.5 Å². The lowest BCUT2D eigenvalue weighted by Crippen LogP contribution is -2.38. The highest BCUT2D eigenvalue weighted by Crippen LogP contribution is 2.51.